The molecule has 0 saturated carbocycles. The zero-order chi connectivity index (χ0) is 14.5. The first-order chi connectivity index (χ1) is 10.3. The molecule has 0 aliphatic carbocycles. The number of pyridine rings is 2. The Labute approximate surface area is 161 Å². The molecular weight excluding hydrogens is 369 g/mol. The summed E-state index contributed by atoms with van der Waals surface area (Å²) in [6.07, 6.45) is 12.5. The minimum atomic E-state index is 0. The fourth-order valence-corrected chi connectivity index (χ4v) is 2.25. The van der Waals surface area contributed by atoms with E-state index in [1.165, 1.54) is 13.0 Å². The lowest BCUT2D eigenvalue weighted by atomic mass is 10.1. The summed E-state index contributed by atoms with van der Waals surface area (Å²) >= 11 is 0. The van der Waals surface area contributed by atoms with Gasteiger partial charge >= 0.3 is 0 Å². The van der Waals surface area contributed by atoms with E-state index in [4.69, 9.17) is 4.74 Å². The van der Waals surface area contributed by atoms with Crippen molar-refractivity contribution in [3.05, 3.63) is 54.1 Å². The molecule has 1 fully saturated rings. The second kappa shape index (κ2) is 11.3. The molecular formula is C17H22Cl3N3O. The van der Waals surface area contributed by atoms with Crippen molar-refractivity contribution in [2.45, 2.75) is 12.5 Å². The van der Waals surface area contributed by atoms with Gasteiger partial charge in [-0.15, -0.1) is 37.2 Å². The number of hydrogen-bond donors (Lipinski definition) is 0. The van der Waals surface area contributed by atoms with Crippen molar-refractivity contribution in [2.24, 2.45) is 0 Å². The molecule has 1 aliphatic heterocycles. The molecule has 0 bridgehead atoms. The summed E-state index contributed by atoms with van der Waals surface area (Å²) in [5.74, 6) is 0.826. The van der Waals surface area contributed by atoms with Crippen molar-refractivity contribution < 1.29 is 4.74 Å². The Morgan fingerprint density at radius 3 is 2.42 bits per heavy atom. The number of likely N-dealkylation sites (N-methyl/N-ethyl adjacent to an activating group) is 1. The van der Waals surface area contributed by atoms with E-state index in [1.807, 2.05) is 36.5 Å². The number of halogens is 3. The van der Waals surface area contributed by atoms with Crippen molar-refractivity contribution in [3.63, 3.8) is 0 Å². The standard InChI is InChI=1S/C17H19N3O.3ClH/c1-20-9-6-16(20)13-21-17-10-15(11-19-12-17)3-2-14-4-7-18-8-5-14;;;/h2-5,7-8,10-12,16H,6,9,13H2,1H3;3*1H/t16-;;;/m0.../s1. The summed E-state index contributed by atoms with van der Waals surface area (Å²) < 4.78 is 5.82. The number of nitrogens with zero attached hydrogens (tertiary/aromatic N) is 3. The van der Waals surface area contributed by atoms with Gasteiger partial charge < -0.3 is 4.74 Å². The molecule has 0 radical (unpaired) electrons. The molecule has 3 rings (SSSR count). The Morgan fingerprint density at radius 1 is 1.08 bits per heavy atom. The third-order valence-corrected chi connectivity index (χ3v) is 3.79. The average Bonchev–Trinajstić information content (AvgIpc) is 2.53. The molecule has 2 aromatic heterocycles. The number of ether oxygens (including phenoxy) is 1. The summed E-state index contributed by atoms with van der Waals surface area (Å²) in [5.41, 5.74) is 2.15. The van der Waals surface area contributed by atoms with Crippen LogP contribution in [0.3, 0.4) is 0 Å². The molecule has 0 N–H and O–H groups in total. The predicted molar refractivity (Wildman–Crippen MR) is 106 cm³/mol. The fourth-order valence-electron chi connectivity index (χ4n) is 2.25. The van der Waals surface area contributed by atoms with Crippen LogP contribution in [0.15, 0.2) is 43.0 Å². The normalized spacial score (nSPS) is 16.3. The Balaban J connectivity index is 0.00000176. The number of likely N-dealkylation sites (tertiary alicyclic amines) is 1. The van der Waals surface area contributed by atoms with Gasteiger partial charge in [-0.3, -0.25) is 14.9 Å². The molecule has 1 saturated heterocycles. The maximum Gasteiger partial charge on any atom is 0.138 e. The molecule has 2 aromatic rings. The SMILES string of the molecule is CN1CC[C@H]1COc1cncc(C=Cc2ccncc2)c1.Cl.Cl.Cl. The number of rotatable bonds is 5. The van der Waals surface area contributed by atoms with Gasteiger partial charge in [-0.1, -0.05) is 12.2 Å². The van der Waals surface area contributed by atoms with Gasteiger partial charge in [-0.25, -0.2) is 0 Å². The molecule has 24 heavy (non-hydrogen) atoms. The summed E-state index contributed by atoms with van der Waals surface area (Å²) in [7, 11) is 2.13. The first-order valence-corrected chi connectivity index (χ1v) is 7.17. The van der Waals surface area contributed by atoms with Crippen molar-refractivity contribution in [1.82, 2.24) is 14.9 Å². The quantitative estimate of drug-likeness (QED) is 0.773. The van der Waals surface area contributed by atoms with Gasteiger partial charge in [-0.2, -0.15) is 0 Å². The van der Waals surface area contributed by atoms with Crippen LogP contribution in [0.2, 0.25) is 0 Å². The van der Waals surface area contributed by atoms with Crippen LogP contribution >= 0.6 is 37.2 Å². The van der Waals surface area contributed by atoms with Crippen LogP contribution in [-0.2, 0) is 0 Å². The van der Waals surface area contributed by atoms with E-state index >= 15 is 0 Å². The molecule has 0 spiro atoms. The highest BCUT2D eigenvalue weighted by Gasteiger charge is 2.24. The Kier molecular flexibility index (Phi) is 10.6. The van der Waals surface area contributed by atoms with Crippen LogP contribution in [0.5, 0.6) is 5.75 Å². The highest BCUT2D eigenvalue weighted by atomic mass is 35.5. The largest absolute Gasteiger partial charge is 0.490 e. The summed E-state index contributed by atoms with van der Waals surface area (Å²) in [6, 6.07) is 6.50. The molecule has 0 amide bonds. The van der Waals surface area contributed by atoms with Crippen LogP contribution in [-0.4, -0.2) is 41.1 Å². The molecule has 7 heteroatoms. The van der Waals surface area contributed by atoms with Gasteiger partial charge in [0, 0.05) is 24.6 Å². The lowest BCUT2D eigenvalue weighted by Gasteiger charge is -2.37. The van der Waals surface area contributed by atoms with Gasteiger partial charge in [0.05, 0.1) is 6.20 Å². The molecule has 1 atom stereocenters. The maximum absolute atomic E-state index is 5.82. The van der Waals surface area contributed by atoms with Gasteiger partial charge in [-0.05, 0) is 49.3 Å². The van der Waals surface area contributed by atoms with Gasteiger partial charge in [0.15, 0.2) is 0 Å². The monoisotopic (exact) mass is 389 g/mol. The Hall–Kier alpha value is -1.33. The fraction of sp³-hybridized carbons (Fsp3) is 0.294. The molecule has 0 unspecified atom stereocenters. The van der Waals surface area contributed by atoms with Crippen molar-refractivity contribution in [3.8, 4) is 5.75 Å². The van der Waals surface area contributed by atoms with E-state index in [2.05, 4.69) is 21.9 Å². The van der Waals surface area contributed by atoms with E-state index < -0.39 is 0 Å². The zero-order valence-corrected chi connectivity index (χ0v) is 15.8. The van der Waals surface area contributed by atoms with Crippen LogP contribution in [0.1, 0.15) is 17.5 Å². The molecule has 0 aromatic carbocycles. The zero-order valence-electron chi connectivity index (χ0n) is 13.4. The second-order valence-corrected chi connectivity index (χ2v) is 5.30. The van der Waals surface area contributed by atoms with Gasteiger partial charge in [0.2, 0.25) is 0 Å². The summed E-state index contributed by atoms with van der Waals surface area (Å²) in [5, 5.41) is 0. The number of hydrogen-bond acceptors (Lipinski definition) is 4. The topological polar surface area (TPSA) is 38.2 Å². The Bertz CT molecular complexity index is 625. The summed E-state index contributed by atoms with van der Waals surface area (Å²) in [4.78, 5) is 10.5. The highest BCUT2D eigenvalue weighted by molar-refractivity contribution is 5.86. The van der Waals surface area contributed by atoms with Crippen molar-refractivity contribution >= 4 is 49.4 Å². The van der Waals surface area contributed by atoms with Crippen molar-refractivity contribution in [2.75, 3.05) is 20.2 Å². The molecule has 3 heterocycles. The lowest BCUT2D eigenvalue weighted by Crippen LogP contribution is -2.48. The lowest BCUT2D eigenvalue weighted by molar-refractivity contribution is 0.0767. The first kappa shape index (κ1) is 22.7. The van der Waals surface area contributed by atoms with E-state index in [1.54, 1.807) is 18.6 Å². The minimum Gasteiger partial charge on any atom is -0.490 e. The van der Waals surface area contributed by atoms with E-state index in [-0.39, 0.29) is 37.2 Å². The van der Waals surface area contributed by atoms with E-state index in [0.29, 0.717) is 6.04 Å². The average molecular weight is 391 g/mol. The third-order valence-electron chi connectivity index (χ3n) is 3.79. The third kappa shape index (κ3) is 6.29. The second-order valence-electron chi connectivity index (χ2n) is 5.30. The van der Waals surface area contributed by atoms with Gasteiger partial charge in [0.1, 0.15) is 12.4 Å². The minimum absolute atomic E-state index is 0. The molecule has 4 nitrogen and oxygen atoms in total. The van der Waals surface area contributed by atoms with Gasteiger partial charge in [0.25, 0.3) is 0 Å². The maximum atomic E-state index is 5.82. The van der Waals surface area contributed by atoms with E-state index in [9.17, 15) is 0 Å². The Morgan fingerprint density at radius 2 is 1.79 bits per heavy atom. The summed E-state index contributed by atoms with van der Waals surface area (Å²) in [6.45, 7) is 1.90. The first-order valence-electron chi connectivity index (χ1n) is 7.17. The van der Waals surface area contributed by atoms with E-state index in [0.717, 1.165) is 23.5 Å². The van der Waals surface area contributed by atoms with Crippen LogP contribution in [0.25, 0.3) is 12.2 Å². The predicted octanol–water partition coefficient (Wildman–Crippen LogP) is 4.00. The molecule has 132 valence electrons. The van der Waals surface area contributed by atoms with Crippen LogP contribution in [0, 0.1) is 0 Å². The van der Waals surface area contributed by atoms with Crippen LogP contribution in [0.4, 0.5) is 0 Å². The highest BCUT2D eigenvalue weighted by Crippen LogP contribution is 2.18. The smallest absolute Gasteiger partial charge is 0.138 e. The van der Waals surface area contributed by atoms with Crippen LogP contribution < -0.4 is 4.74 Å². The number of aromatic nitrogens is 2. The molecule has 1 aliphatic rings. The van der Waals surface area contributed by atoms with Crippen molar-refractivity contribution in [1.29, 1.82) is 0 Å².